The predicted molar refractivity (Wildman–Crippen MR) is 93.5 cm³/mol. The molecule has 3 amide bonds. The molecular formula is C16H18N4O6S. The van der Waals surface area contributed by atoms with E-state index < -0.39 is 21.8 Å². The summed E-state index contributed by atoms with van der Waals surface area (Å²) in [6.45, 7) is 0.389. The van der Waals surface area contributed by atoms with Gasteiger partial charge in [0.1, 0.15) is 0 Å². The van der Waals surface area contributed by atoms with Crippen molar-refractivity contribution in [2.24, 2.45) is 7.05 Å². The zero-order valence-corrected chi connectivity index (χ0v) is 15.4. The Kier molecular flexibility index (Phi) is 4.07. The third-order valence-electron chi connectivity index (χ3n) is 5.07. The van der Waals surface area contributed by atoms with Gasteiger partial charge in [0.05, 0.1) is 17.0 Å². The molecule has 1 N–H and O–H groups in total. The molecular weight excluding hydrogens is 376 g/mol. The van der Waals surface area contributed by atoms with Crippen LogP contribution in [-0.4, -0.2) is 59.8 Å². The van der Waals surface area contributed by atoms with Gasteiger partial charge in [-0.05, 0) is 31.0 Å². The number of urea groups is 1. The van der Waals surface area contributed by atoms with Gasteiger partial charge in [-0.25, -0.2) is 18.0 Å². The van der Waals surface area contributed by atoms with E-state index in [9.17, 15) is 22.8 Å². The Labute approximate surface area is 154 Å². The molecule has 0 aliphatic carbocycles. The van der Waals surface area contributed by atoms with Crippen LogP contribution in [0.5, 0.6) is 0 Å². The van der Waals surface area contributed by atoms with Crippen LogP contribution in [0.1, 0.15) is 12.8 Å². The first-order chi connectivity index (χ1) is 12.8. The number of piperidine rings is 1. The SMILES string of the molecule is Cn1c(=O)oc2ccc(S(=O)(=O)N3CCC(N4C(=O)CNC4=O)CC3)cc21. The van der Waals surface area contributed by atoms with Crippen LogP contribution in [0, 0.1) is 0 Å². The quantitative estimate of drug-likeness (QED) is 0.722. The summed E-state index contributed by atoms with van der Waals surface area (Å²) in [5.41, 5.74) is 0.717. The van der Waals surface area contributed by atoms with E-state index in [1.165, 1.54) is 39.0 Å². The minimum Gasteiger partial charge on any atom is -0.408 e. The summed E-state index contributed by atoms with van der Waals surface area (Å²) < 4.78 is 33.5. The van der Waals surface area contributed by atoms with Crippen molar-refractivity contribution >= 4 is 33.1 Å². The minimum atomic E-state index is -3.76. The van der Waals surface area contributed by atoms with Gasteiger partial charge in [-0.2, -0.15) is 4.31 Å². The second-order valence-corrected chi connectivity index (χ2v) is 8.55. The van der Waals surface area contributed by atoms with E-state index in [0.717, 1.165) is 0 Å². The van der Waals surface area contributed by atoms with Crippen molar-refractivity contribution in [1.82, 2.24) is 19.1 Å². The fourth-order valence-electron chi connectivity index (χ4n) is 3.56. The van der Waals surface area contributed by atoms with Gasteiger partial charge in [0.2, 0.25) is 15.9 Å². The molecule has 2 fully saturated rings. The van der Waals surface area contributed by atoms with E-state index in [4.69, 9.17) is 4.42 Å². The molecule has 4 rings (SSSR count). The number of sulfonamides is 1. The van der Waals surface area contributed by atoms with E-state index in [1.54, 1.807) is 0 Å². The van der Waals surface area contributed by atoms with Crippen LogP contribution in [0.3, 0.4) is 0 Å². The minimum absolute atomic E-state index is 0.0131. The van der Waals surface area contributed by atoms with E-state index in [2.05, 4.69) is 5.32 Å². The van der Waals surface area contributed by atoms with Gasteiger partial charge in [0, 0.05) is 26.2 Å². The molecule has 0 bridgehead atoms. The fraction of sp³-hybridized carbons (Fsp3) is 0.438. The van der Waals surface area contributed by atoms with E-state index >= 15 is 0 Å². The molecule has 0 spiro atoms. The number of rotatable bonds is 3. The van der Waals surface area contributed by atoms with Crippen LogP contribution < -0.4 is 11.1 Å². The summed E-state index contributed by atoms with van der Waals surface area (Å²) in [7, 11) is -2.25. The van der Waals surface area contributed by atoms with Gasteiger partial charge in [-0.1, -0.05) is 0 Å². The topological polar surface area (TPSA) is 122 Å². The van der Waals surface area contributed by atoms with Gasteiger partial charge in [-0.3, -0.25) is 14.3 Å². The van der Waals surface area contributed by atoms with Crippen molar-refractivity contribution in [3.05, 3.63) is 28.7 Å². The highest BCUT2D eigenvalue weighted by Gasteiger charge is 2.38. The number of aryl methyl sites for hydroxylation is 1. The van der Waals surface area contributed by atoms with Crippen molar-refractivity contribution < 1.29 is 22.4 Å². The summed E-state index contributed by atoms with van der Waals surface area (Å²) in [5.74, 6) is -0.846. The van der Waals surface area contributed by atoms with Gasteiger partial charge < -0.3 is 9.73 Å². The predicted octanol–water partition coefficient (Wildman–Crippen LogP) is -0.164. The van der Waals surface area contributed by atoms with E-state index in [-0.39, 0.29) is 36.5 Å². The Hall–Kier alpha value is -2.66. The van der Waals surface area contributed by atoms with Crippen molar-refractivity contribution in [1.29, 1.82) is 0 Å². The Balaban J connectivity index is 1.55. The zero-order valence-electron chi connectivity index (χ0n) is 14.5. The molecule has 2 aromatic rings. The first-order valence-corrected chi connectivity index (χ1v) is 9.92. The number of oxazole rings is 1. The molecule has 11 heteroatoms. The first-order valence-electron chi connectivity index (χ1n) is 8.48. The third kappa shape index (κ3) is 2.82. The number of imide groups is 1. The van der Waals surface area contributed by atoms with Crippen molar-refractivity contribution in [3.63, 3.8) is 0 Å². The average molecular weight is 394 g/mol. The maximum atomic E-state index is 13.0. The molecule has 2 aliphatic rings. The van der Waals surface area contributed by atoms with Crippen LogP contribution in [0.15, 0.2) is 32.3 Å². The van der Waals surface area contributed by atoms with Crippen molar-refractivity contribution in [3.8, 4) is 0 Å². The largest absolute Gasteiger partial charge is 0.419 e. The molecule has 10 nitrogen and oxygen atoms in total. The number of benzene rings is 1. The Morgan fingerprint density at radius 2 is 1.85 bits per heavy atom. The lowest BCUT2D eigenvalue weighted by molar-refractivity contribution is -0.127. The highest BCUT2D eigenvalue weighted by molar-refractivity contribution is 7.89. The van der Waals surface area contributed by atoms with Gasteiger partial charge in [0.15, 0.2) is 5.58 Å². The fourth-order valence-corrected chi connectivity index (χ4v) is 5.05. The third-order valence-corrected chi connectivity index (χ3v) is 6.96. The summed E-state index contributed by atoms with van der Waals surface area (Å²) in [6, 6.07) is 3.56. The number of hydrogen-bond donors (Lipinski definition) is 1. The van der Waals surface area contributed by atoms with E-state index in [1.807, 2.05) is 0 Å². The van der Waals surface area contributed by atoms with Crippen molar-refractivity contribution in [2.75, 3.05) is 19.6 Å². The normalized spacial score (nSPS) is 19.8. The number of carbonyl (C=O) groups excluding carboxylic acids is 2. The zero-order chi connectivity index (χ0) is 19.3. The molecule has 0 unspecified atom stereocenters. The van der Waals surface area contributed by atoms with E-state index in [0.29, 0.717) is 23.9 Å². The number of amides is 3. The molecule has 1 aromatic carbocycles. The number of fused-ring (bicyclic) bond motifs is 1. The molecule has 0 radical (unpaired) electrons. The lowest BCUT2D eigenvalue weighted by Crippen LogP contribution is -2.48. The molecule has 2 aliphatic heterocycles. The maximum absolute atomic E-state index is 13.0. The molecule has 144 valence electrons. The number of aromatic nitrogens is 1. The lowest BCUT2D eigenvalue weighted by atomic mass is 10.1. The molecule has 1 aromatic heterocycles. The Morgan fingerprint density at radius 3 is 2.48 bits per heavy atom. The van der Waals surface area contributed by atoms with Gasteiger partial charge >= 0.3 is 11.8 Å². The molecule has 2 saturated heterocycles. The summed E-state index contributed by atoms with van der Waals surface area (Å²) >= 11 is 0. The Bertz CT molecular complexity index is 1080. The van der Waals surface area contributed by atoms with Crippen LogP contribution in [0.25, 0.3) is 11.1 Å². The Morgan fingerprint density at radius 1 is 1.15 bits per heavy atom. The molecule has 27 heavy (non-hydrogen) atoms. The highest BCUT2D eigenvalue weighted by atomic mass is 32.2. The smallest absolute Gasteiger partial charge is 0.408 e. The molecule has 0 saturated carbocycles. The number of nitrogens with zero attached hydrogens (tertiary/aromatic N) is 3. The lowest BCUT2D eigenvalue weighted by Gasteiger charge is -2.34. The summed E-state index contributed by atoms with van der Waals surface area (Å²) in [4.78, 5) is 36.4. The van der Waals surface area contributed by atoms with Crippen LogP contribution in [0.4, 0.5) is 4.79 Å². The van der Waals surface area contributed by atoms with Crippen molar-refractivity contribution in [2.45, 2.75) is 23.8 Å². The molecule has 3 heterocycles. The first kappa shape index (κ1) is 17.7. The van der Waals surface area contributed by atoms with Gasteiger partial charge in [-0.15, -0.1) is 0 Å². The van der Waals surface area contributed by atoms with Crippen LogP contribution in [0.2, 0.25) is 0 Å². The number of carbonyl (C=O) groups is 2. The second-order valence-electron chi connectivity index (χ2n) is 6.61. The number of nitrogens with one attached hydrogen (secondary N) is 1. The van der Waals surface area contributed by atoms with Crippen LogP contribution >= 0.6 is 0 Å². The summed E-state index contributed by atoms with van der Waals surface area (Å²) in [5, 5.41) is 2.48. The van der Waals surface area contributed by atoms with Crippen LogP contribution in [-0.2, 0) is 21.9 Å². The maximum Gasteiger partial charge on any atom is 0.419 e. The number of hydrogen-bond acceptors (Lipinski definition) is 6. The second kappa shape index (κ2) is 6.20. The molecule has 0 atom stereocenters. The average Bonchev–Trinajstić information content (AvgIpc) is 3.13. The summed E-state index contributed by atoms with van der Waals surface area (Å²) in [6.07, 6.45) is 0.760. The monoisotopic (exact) mass is 394 g/mol. The van der Waals surface area contributed by atoms with Gasteiger partial charge in [0.25, 0.3) is 0 Å². The standard InChI is InChI=1S/C16H18N4O6S/c1-18-12-8-11(2-3-13(12)26-16(18)23)27(24,25)19-6-4-10(5-7-19)20-14(21)9-17-15(20)22/h2-3,8,10H,4-7,9H2,1H3,(H,17,22). The highest BCUT2D eigenvalue weighted by Crippen LogP contribution is 2.26.